The van der Waals surface area contributed by atoms with E-state index in [0.717, 1.165) is 0 Å². The van der Waals surface area contributed by atoms with Gasteiger partial charge in [-0.25, -0.2) is 9.38 Å². The van der Waals surface area contributed by atoms with E-state index in [4.69, 9.17) is 13.8 Å². The highest BCUT2D eigenvalue weighted by molar-refractivity contribution is 9.10. The fraction of sp³-hybridized carbons (Fsp3) is 0.200. The van der Waals surface area contributed by atoms with Gasteiger partial charge >= 0.3 is 0 Å². The van der Waals surface area contributed by atoms with Gasteiger partial charge in [-0.15, -0.1) is 0 Å². The van der Waals surface area contributed by atoms with E-state index in [-0.39, 0.29) is 34.0 Å². The SMILES string of the molecule is O=C(c1ccccc1)c1c(-c2ccccc2)[nH]c2nc3c(nc(Br)n3[C@@H]3OC4COP(=O)([O-])O[C@H]4C3O)c(=O)n12. The number of aromatic nitrogens is 5. The van der Waals surface area contributed by atoms with Gasteiger partial charge < -0.3 is 28.8 Å². The molecule has 13 nitrogen and oxygen atoms in total. The molecule has 3 unspecified atom stereocenters. The first-order chi connectivity index (χ1) is 19.2. The summed E-state index contributed by atoms with van der Waals surface area (Å²) in [5, 5.41) is 11.0. The lowest BCUT2D eigenvalue weighted by molar-refractivity contribution is -0.245. The Hall–Kier alpha value is -3.49. The molecule has 15 heteroatoms. The van der Waals surface area contributed by atoms with Crippen molar-refractivity contribution in [2.45, 2.75) is 24.5 Å². The Kier molecular flexibility index (Phi) is 5.91. The summed E-state index contributed by atoms with van der Waals surface area (Å²) in [4.78, 5) is 51.5. The second kappa shape index (κ2) is 9.28. The van der Waals surface area contributed by atoms with Gasteiger partial charge in [0.15, 0.2) is 22.1 Å². The number of phosphoric ester groups is 1. The zero-order valence-corrected chi connectivity index (χ0v) is 22.7. The maximum Gasteiger partial charge on any atom is 0.287 e. The number of hydrogen-bond acceptors (Lipinski definition) is 10. The van der Waals surface area contributed by atoms with Crippen LogP contribution < -0.4 is 10.5 Å². The number of rotatable bonds is 4. The molecule has 2 fully saturated rings. The van der Waals surface area contributed by atoms with E-state index in [1.165, 1.54) is 8.97 Å². The van der Waals surface area contributed by atoms with Gasteiger partial charge in [0, 0.05) is 11.1 Å². The number of nitrogens with one attached hydrogen (secondary N) is 1. The number of benzene rings is 2. The molecule has 2 aliphatic heterocycles. The number of hydrogen-bond donors (Lipinski definition) is 2. The summed E-state index contributed by atoms with van der Waals surface area (Å²) in [5.74, 6) is -0.344. The monoisotopic (exact) mass is 626 g/mol. The minimum atomic E-state index is -4.60. The number of halogens is 1. The number of carbonyl (C=O) groups is 1. The van der Waals surface area contributed by atoms with Crippen molar-refractivity contribution in [3.05, 3.63) is 87.0 Å². The van der Waals surface area contributed by atoms with Crippen LogP contribution in [0.1, 0.15) is 22.3 Å². The van der Waals surface area contributed by atoms with Crippen molar-refractivity contribution in [2.24, 2.45) is 0 Å². The number of ketones is 1. The molecule has 40 heavy (non-hydrogen) atoms. The van der Waals surface area contributed by atoms with E-state index in [9.17, 15) is 24.2 Å². The van der Waals surface area contributed by atoms with Crippen molar-refractivity contribution in [3.8, 4) is 11.3 Å². The van der Waals surface area contributed by atoms with Crippen LogP contribution in [0.3, 0.4) is 0 Å². The van der Waals surface area contributed by atoms with E-state index >= 15 is 0 Å². The van der Waals surface area contributed by atoms with Crippen LogP contribution in [-0.2, 0) is 18.3 Å². The molecule has 5 heterocycles. The minimum absolute atomic E-state index is 0.0327. The molecular weight excluding hydrogens is 609 g/mol. The zero-order chi connectivity index (χ0) is 27.8. The highest BCUT2D eigenvalue weighted by atomic mass is 79.9. The summed E-state index contributed by atoms with van der Waals surface area (Å²) in [6, 6.07) is 17.6. The topological polar surface area (TPSA) is 173 Å². The standard InChI is InChI=1S/C25H19BrN5O8P/c26-24-27-16-21(31(24)23-19(33)20-14(38-23)11-37-40(35,36)39-20)29-25-28-15(12-7-3-1-4-8-12)17(30(25)22(16)34)18(32)13-9-5-2-6-10-13/h1-10,14,19-20,23,33H,11H2,(H,28,29)(H,35,36)/p-1/t14?,19?,20-,23-/m1/s1. The van der Waals surface area contributed by atoms with E-state index in [1.54, 1.807) is 42.5 Å². The van der Waals surface area contributed by atoms with Crippen LogP contribution in [0.4, 0.5) is 0 Å². The number of fused-ring (bicyclic) bond motifs is 3. The largest absolute Gasteiger partial charge is 0.756 e. The van der Waals surface area contributed by atoms with Gasteiger partial charge in [-0.3, -0.25) is 18.7 Å². The third-order valence-electron chi connectivity index (χ3n) is 6.89. The molecule has 0 saturated carbocycles. The smallest absolute Gasteiger partial charge is 0.287 e. The summed E-state index contributed by atoms with van der Waals surface area (Å²) >= 11 is 3.31. The van der Waals surface area contributed by atoms with Crippen LogP contribution in [-0.4, -0.2) is 59.7 Å². The molecule has 2 aliphatic rings. The number of ether oxygens (including phenoxy) is 1. The van der Waals surface area contributed by atoms with Crippen LogP contribution in [0.5, 0.6) is 0 Å². The lowest BCUT2D eigenvalue weighted by Crippen LogP contribution is -2.41. The molecule has 0 amide bonds. The lowest BCUT2D eigenvalue weighted by atomic mass is 10.0. The number of imidazole rings is 2. The van der Waals surface area contributed by atoms with Crippen LogP contribution in [0.15, 0.2) is 70.2 Å². The second-order valence-electron chi connectivity index (χ2n) is 9.28. The number of aromatic amines is 1. The van der Waals surface area contributed by atoms with E-state index in [2.05, 4.69) is 30.9 Å². The van der Waals surface area contributed by atoms with Crippen molar-refractivity contribution >= 4 is 46.5 Å². The van der Waals surface area contributed by atoms with Crippen molar-refractivity contribution in [1.82, 2.24) is 23.9 Å². The van der Waals surface area contributed by atoms with Gasteiger partial charge in [0.2, 0.25) is 11.6 Å². The van der Waals surface area contributed by atoms with Gasteiger partial charge in [-0.2, -0.15) is 4.98 Å². The second-order valence-corrected chi connectivity index (χ2v) is 11.4. The first-order valence-electron chi connectivity index (χ1n) is 12.1. The average molecular weight is 627 g/mol. The molecule has 204 valence electrons. The number of aliphatic hydroxyl groups excluding tert-OH is 1. The highest BCUT2D eigenvalue weighted by Crippen LogP contribution is 2.50. The Labute approximate surface area is 232 Å². The quantitative estimate of drug-likeness (QED) is 0.171. The third kappa shape index (κ3) is 3.91. The molecule has 2 saturated heterocycles. The minimum Gasteiger partial charge on any atom is -0.756 e. The molecule has 5 aromatic rings. The lowest BCUT2D eigenvalue weighted by Gasteiger charge is -2.34. The Bertz CT molecular complexity index is 1910. The van der Waals surface area contributed by atoms with Gasteiger partial charge in [-0.05, 0) is 15.9 Å². The first-order valence-corrected chi connectivity index (χ1v) is 14.3. The Balaban J connectivity index is 1.43. The molecule has 0 bridgehead atoms. The number of phosphoric acid groups is 1. The molecule has 3 aromatic heterocycles. The Morgan fingerprint density at radius 1 is 1.12 bits per heavy atom. The van der Waals surface area contributed by atoms with Crippen LogP contribution in [0.25, 0.3) is 28.2 Å². The third-order valence-corrected chi connectivity index (χ3v) is 8.42. The number of nitrogens with zero attached hydrogens (tertiary/aromatic N) is 4. The van der Waals surface area contributed by atoms with Gasteiger partial charge in [0.05, 0.1) is 12.3 Å². The fourth-order valence-electron chi connectivity index (χ4n) is 5.10. The molecule has 0 radical (unpaired) electrons. The summed E-state index contributed by atoms with van der Waals surface area (Å²) < 4.78 is 29.9. The van der Waals surface area contributed by atoms with Crippen molar-refractivity contribution in [1.29, 1.82) is 0 Å². The van der Waals surface area contributed by atoms with Crippen LogP contribution in [0.2, 0.25) is 0 Å². The first kappa shape index (κ1) is 25.5. The number of H-pyrrole nitrogens is 1. The summed E-state index contributed by atoms with van der Waals surface area (Å²) in [5.41, 5.74) is 0.793. The Morgan fingerprint density at radius 2 is 1.82 bits per heavy atom. The maximum atomic E-state index is 13.9. The Morgan fingerprint density at radius 3 is 2.55 bits per heavy atom. The van der Waals surface area contributed by atoms with E-state index < -0.39 is 43.7 Å². The average Bonchev–Trinajstić information content (AvgIpc) is 3.60. The molecular formula is C25H18BrN5O8P-. The fourth-order valence-corrected chi connectivity index (χ4v) is 6.59. The molecule has 2 aromatic carbocycles. The molecule has 0 aliphatic carbocycles. The number of carbonyl (C=O) groups excluding carboxylic acids is 1. The summed E-state index contributed by atoms with van der Waals surface area (Å²) in [6.07, 6.45) is -4.78. The highest BCUT2D eigenvalue weighted by Gasteiger charge is 2.51. The molecule has 2 N–H and O–H groups in total. The predicted octanol–water partition coefficient (Wildman–Crippen LogP) is 2.17. The summed E-state index contributed by atoms with van der Waals surface area (Å²) in [7, 11) is -4.60. The summed E-state index contributed by atoms with van der Waals surface area (Å²) in [6.45, 7) is -0.342. The zero-order valence-electron chi connectivity index (χ0n) is 20.2. The van der Waals surface area contributed by atoms with Gasteiger partial charge in [-0.1, -0.05) is 60.7 Å². The predicted molar refractivity (Wildman–Crippen MR) is 140 cm³/mol. The van der Waals surface area contributed by atoms with Crippen LogP contribution in [0, 0.1) is 0 Å². The molecule has 0 spiro atoms. The number of aliphatic hydroxyl groups is 1. The van der Waals surface area contributed by atoms with Gasteiger partial charge in [0.1, 0.15) is 24.0 Å². The van der Waals surface area contributed by atoms with E-state index in [1.807, 2.05) is 18.2 Å². The van der Waals surface area contributed by atoms with Crippen LogP contribution >= 0.6 is 23.8 Å². The normalized spacial score (nSPS) is 26.4. The molecule has 5 atom stereocenters. The molecule has 7 rings (SSSR count). The van der Waals surface area contributed by atoms with Crippen molar-refractivity contribution in [2.75, 3.05) is 6.61 Å². The van der Waals surface area contributed by atoms with E-state index in [0.29, 0.717) is 16.8 Å². The van der Waals surface area contributed by atoms with Crippen molar-refractivity contribution in [3.63, 3.8) is 0 Å². The maximum absolute atomic E-state index is 13.9. The van der Waals surface area contributed by atoms with Gasteiger partial charge in [0.25, 0.3) is 13.4 Å². The van der Waals surface area contributed by atoms with Crippen molar-refractivity contribution < 1.29 is 33.1 Å².